The summed E-state index contributed by atoms with van der Waals surface area (Å²) in [5.74, 6) is 0.496. The molecule has 1 aliphatic heterocycles. The Morgan fingerprint density at radius 1 is 1.17 bits per heavy atom. The van der Waals surface area contributed by atoms with Crippen LogP contribution in [0.25, 0.3) is 0 Å². The van der Waals surface area contributed by atoms with Gasteiger partial charge in [-0.25, -0.2) is 9.97 Å². The molecule has 1 fully saturated rings. The number of fused-ring (bicyclic) bond motifs is 1. The standard InChI is InChI=1S/C17H19N5O/c18-17-20-14-7-2-1-5-12(14)15(21-17)16(23)22-9-11(10-22)13-6-3-4-8-19-13/h3-4,6,8,11H,1-2,5,7,9-10H2,(H2,18,20,21). The molecule has 4 rings (SSSR count). The number of nitrogens with two attached hydrogens (primary N) is 1. The Morgan fingerprint density at radius 2 is 2.00 bits per heavy atom. The Bertz CT molecular complexity index is 740. The van der Waals surface area contributed by atoms with Gasteiger partial charge in [-0.2, -0.15) is 0 Å². The topological polar surface area (TPSA) is 85.0 Å². The van der Waals surface area contributed by atoms with Crippen LogP contribution in [0, 0.1) is 0 Å². The lowest BCUT2D eigenvalue weighted by Gasteiger charge is -2.39. The van der Waals surface area contributed by atoms with Crippen LogP contribution in [0.3, 0.4) is 0 Å². The van der Waals surface area contributed by atoms with Crippen LogP contribution >= 0.6 is 0 Å². The smallest absolute Gasteiger partial charge is 0.272 e. The Hall–Kier alpha value is -2.50. The maximum atomic E-state index is 12.8. The van der Waals surface area contributed by atoms with Gasteiger partial charge < -0.3 is 10.6 Å². The minimum Gasteiger partial charge on any atom is -0.368 e. The van der Waals surface area contributed by atoms with Gasteiger partial charge in [-0.15, -0.1) is 0 Å². The largest absolute Gasteiger partial charge is 0.368 e. The summed E-state index contributed by atoms with van der Waals surface area (Å²) < 4.78 is 0. The van der Waals surface area contributed by atoms with E-state index in [4.69, 9.17) is 5.73 Å². The van der Waals surface area contributed by atoms with Gasteiger partial charge in [0, 0.05) is 42.2 Å². The summed E-state index contributed by atoms with van der Waals surface area (Å²) in [5.41, 5.74) is 9.29. The van der Waals surface area contributed by atoms with E-state index < -0.39 is 0 Å². The highest BCUT2D eigenvalue weighted by molar-refractivity contribution is 5.95. The third-order valence-corrected chi connectivity index (χ3v) is 4.68. The van der Waals surface area contributed by atoms with Crippen molar-refractivity contribution in [2.75, 3.05) is 18.8 Å². The molecule has 0 radical (unpaired) electrons. The molecule has 0 aromatic carbocycles. The van der Waals surface area contributed by atoms with E-state index in [1.807, 2.05) is 23.1 Å². The zero-order valence-corrected chi connectivity index (χ0v) is 12.9. The fourth-order valence-corrected chi connectivity index (χ4v) is 3.39. The van der Waals surface area contributed by atoms with Crippen molar-refractivity contribution in [1.82, 2.24) is 19.9 Å². The molecule has 23 heavy (non-hydrogen) atoms. The van der Waals surface area contributed by atoms with Crippen molar-refractivity contribution in [3.8, 4) is 0 Å². The number of nitrogen functional groups attached to an aromatic ring is 1. The summed E-state index contributed by atoms with van der Waals surface area (Å²) in [6.45, 7) is 1.38. The van der Waals surface area contributed by atoms with Crippen molar-refractivity contribution < 1.29 is 4.79 Å². The number of likely N-dealkylation sites (tertiary alicyclic amines) is 1. The second-order valence-corrected chi connectivity index (χ2v) is 6.22. The van der Waals surface area contributed by atoms with Crippen LogP contribution < -0.4 is 5.73 Å². The highest BCUT2D eigenvalue weighted by Crippen LogP contribution is 2.29. The van der Waals surface area contributed by atoms with Crippen LogP contribution in [0.5, 0.6) is 0 Å². The van der Waals surface area contributed by atoms with Crippen LogP contribution in [-0.2, 0) is 12.8 Å². The summed E-state index contributed by atoms with van der Waals surface area (Å²) in [7, 11) is 0. The molecule has 0 atom stereocenters. The van der Waals surface area contributed by atoms with Crippen LogP contribution in [0.15, 0.2) is 24.4 Å². The molecule has 2 aromatic rings. The second-order valence-electron chi connectivity index (χ2n) is 6.22. The van der Waals surface area contributed by atoms with Gasteiger partial charge in [-0.1, -0.05) is 6.07 Å². The second kappa shape index (κ2) is 5.61. The number of carbonyl (C=O) groups is 1. The van der Waals surface area contributed by atoms with Crippen molar-refractivity contribution in [2.45, 2.75) is 31.6 Å². The number of aromatic nitrogens is 3. The van der Waals surface area contributed by atoms with Gasteiger partial charge in [0.25, 0.3) is 5.91 Å². The molecule has 0 bridgehead atoms. The number of anilines is 1. The number of hydrogen-bond donors (Lipinski definition) is 1. The Labute approximate surface area is 134 Å². The molecule has 118 valence electrons. The molecule has 0 unspecified atom stereocenters. The minimum atomic E-state index is -0.0237. The molecule has 1 saturated heterocycles. The van der Waals surface area contributed by atoms with E-state index in [0.717, 1.165) is 42.6 Å². The van der Waals surface area contributed by atoms with Crippen LogP contribution in [0.2, 0.25) is 0 Å². The van der Waals surface area contributed by atoms with Gasteiger partial charge >= 0.3 is 0 Å². The number of rotatable bonds is 2. The molecule has 1 amide bonds. The fourth-order valence-electron chi connectivity index (χ4n) is 3.39. The summed E-state index contributed by atoms with van der Waals surface area (Å²) in [6.07, 6.45) is 5.73. The average Bonchev–Trinajstić information content (AvgIpc) is 2.53. The number of hydrogen-bond acceptors (Lipinski definition) is 5. The predicted octanol–water partition coefficient (Wildman–Crippen LogP) is 1.57. The molecule has 0 spiro atoms. The first-order valence-corrected chi connectivity index (χ1v) is 8.08. The summed E-state index contributed by atoms with van der Waals surface area (Å²) in [5, 5.41) is 0. The van der Waals surface area contributed by atoms with Crippen molar-refractivity contribution in [1.29, 1.82) is 0 Å². The Morgan fingerprint density at radius 3 is 2.78 bits per heavy atom. The van der Waals surface area contributed by atoms with E-state index in [-0.39, 0.29) is 11.9 Å². The van der Waals surface area contributed by atoms with E-state index in [0.29, 0.717) is 24.7 Å². The van der Waals surface area contributed by atoms with E-state index in [1.54, 1.807) is 6.20 Å². The quantitative estimate of drug-likeness (QED) is 0.910. The van der Waals surface area contributed by atoms with E-state index >= 15 is 0 Å². The molecule has 2 N–H and O–H groups in total. The lowest BCUT2D eigenvalue weighted by atomic mass is 9.92. The number of nitrogens with zero attached hydrogens (tertiary/aromatic N) is 4. The molecule has 1 aliphatic carbocycles. The van der Waals surface area contributed by atoms with Crippen molar-refractivity contribution in [3.63, 3.8) is 0 Å². The lowest BCUT2D eigenvalue weighted by Crippen LogP contribution is -2.49. The maximum Gasteiger partial charge on any atom is 0.272 e. The summed E-state index contributed by atoms with van der Waals surface area (Å²) >= 11 is 0. The van der Waals surface area contributed by atoms with Crippen molar-refractivity contribution in [3.05, 3.63) is 47.0 Å². The Kier molecular flexibility index (Phi) is 3.44. The number of carbonyl (C=O) groups excluding carboxylic acids is 1. The van der Waals surface area contributed by atoms with E-state index in [2.05, 4.69) is 15.0 Å². The molecule has 6 heteroatoms. The van der Waals surface area contributed by atoms with Gasteiger partial charge in [0.05, 0.1) is 0 Å². The molecule has 0 saturated carbocycles. The average molecular weight is 309 g/mol. The van der Waals surface area contributed by atoms with Crippen LogP contribution in [0.4, 0.5) is 5.95 Å². The van der Waals surface area contributed by atoms with Gasteiger partial charge in [0.15, 0.2) is 0 Å². The monoisotopic (exact) mass is 309 g/mol. The highest BCUT2D eigenvalue weighted by Gasteiger charge is 2.35. The fraction of sp³-hybridized carbons (Fsp3) is 0.412. The normalized spacial score (nSPS) is 17.5. The molecule has 3 heterocycles. The first-order valence-electron chi connectivity index (χ1n) is 8.08. The van der Waals surface area contributed by atoms with Gasteiger partial charge in [-0.3, -0.25) is 9.78 Å². The molecule has 6 nitrogen and oxygen atoms in total. The van der Waals surface area contributed by atoms with Crippen LogP contribution in [-0.4, -0.2) is 38.8 Å². The summed E-state index contributed by atoms with van der Waals surface area (Å²) in [4.78, 5) is 27.5. The third kappa shape index (κ3) is 2.54. The van der Waals surface area contributed by atoms with E-state index in [9.17, 15) is 4.79 Å². The first kappa shape index (κ1) is 14.1. The van der Waals surface area contributed by atoms with Crippen molar-refractivity contribution >= 4 is 11.9 Å². The van der Waals surface area contributed by atoms with Crippen molar-refractivity contribution in [2.24, 2.45) is 0 Å². The molecular formula is C17H19N5O. The van der Waals surface area contributed by atoms with Gasteiger partial charge in [-0.05, 0) is 37.8 Å². The number of amides is 1. The molecular weight excluding hydrogens is 290 g/mol. The SMILES string of the molecule is Nc1nc2c(c(C(=O)N3CC(c4ccccn4)C3)n1)CCCC2. The number of pyridine rings is 1. The van der Waals surface area contributed by atoms with Gasteiger partial charge in [0.2, 0.25) is 5.95 Å². The predicted molar refractivity (Wildman–Crippen MR) is 86.0 cm³/mol. The van der Waals surface area contributed by atoms with Crippen LogP contribution in [0.1, 0.15) is 46.2 Å². The molecule has 2 aliphatic rings. The Balaban J connectivity index is 1.54. The molecule has 2 aromatic heterocycles. The maximum absolute atomic E-state index is 12.8. The minimum absolute atomic E-state index is 0.0237. The highest BCUT2D eigenvalue weighted by atomic mass is 16.2. The first-order chi connectivity index (χ1) is 11.2. The summed E-state index contributed by atoms with van der Waals surface area (Å²) in [6, 6.07) is 5.90. The third-order valence-electron chi connectivity index (χ3n) is 4.68. The lowest BCUT2D eigenvalue weighted by molar-refractivity contribution is 0.0591. The van der Waals surface area contributed by atoms with E-state index in [1.165, 1.54) is 0 Å². The zero-order chi connectivity index (χ0) is 15.8. The number of aryl methyl sites for hydroxylation is 1. The zero-order valence-electron chi connectivity index (χ0n) is 12.9. The van der Waals surface area contributed by atoms with Gasteiger partial charge in [0.1, 0.15) is 5.69 Å².